The third-order valence-corrected chi connectivity index (χ3v) is 6.14. The van der Waals surface area contributed by atoms with E-state index in [0.29, 0.717) is 22.8 Å². The Hall–Kier alpha value is -3.16. The fourth-order valence-electron chi connectivity index (χ4n) is 4.42. The van der Waals surface area contributed by atoms with E-state index in [2.05, 4.69) is 5.32 Å². The number of rotatable bonds is 9. The fraction of sp³-hybridized carbons (Fsp3) is 0.500. The molecule has 4 rings (SSSR count). The molecule has 2 amide bonds. The van der Waals surface area contributed by atoms with Crippen LogP contribution in [0.5, 0.6) is 17.2 Å². The van der Waals surface area contributed by atoms with E-state index in [4.69, 9.17) is 18.6 Å². The second-order valence-corrected chi connectivity index (χ2v) is 8.27. The van der Waals surface area contributed by atoms with Crippen LogP contribution >= 0.6 is 0 Å². The van der Waals surface area contributed by atoms with Gasteiger partial charge in [0, 0.05) is 12.1 Å². The highest BCUT2D eigenvalue weighted by Gasteiger charge is 2.43. The Morgan fingerprint density at radius 3 is 2.19 bits per heavy atom. The zero-order valence-electron chi connectivity index (χ0n) is 18.8. The summed E-state index contributed by atoms with van der Waals surface area (Å²) in [5.74, 6) is 0.992. The van der Waals surface area contributed by atoms with Crippen molar-refractivity contribution in [2.45, 2.75) is 56.7 Å². The predicted molar refractivity (Wildman–Crippen MR) is 117 cm³/mol. The van der Waals surface area contributed by atoms with Gasteiger partial charge in [-0.1, -0.05) is 12.8 Å². The maximum Gasteiger partial charge on any atom is 0.290 e. The number of furan rings is 1. The summed E-state index contributed by atoms with van der Waals surface area (Å²) in [5.41, 5.74) is 0.599. The molecule has 2 fully saturated rings. The van der Waals surface area contributed by atoms with Gasteiger partial charge in [0.2, 0.25) is 11.7 Å². The summed E-state index contributed by atoms with van der Waals surface area (Å²) in [7, 11) is 4.59. The zero-order chi connectivity index (χ0) is 22.7. The molecule has 8 heteroatoms. The highest BCUT2D eigenvalue weighted by atomic mass is 16.5. The molecule has 2 saturated carbocycles. The smallest absolute Gasteiger partial charge is 0.290 e. The normalized spacial score (nSPS) is 17.0. The number of carbonyl (C=O) groups excluding carboxylic acids is 2. The molecule has 172 valence electrons. The molecule has 8 nitrogen and oxygen atoms in total. The van der Waals surface area contributed by atoms with E-state index >= 15 is 0 Å². The van der Waals surface area contributed by atoms with Crippen molar-refractivity contribution in [2.24, 2.45) is 0 Å². The van der Waals surface area contributed by atoms with Crippen molar-refractivity contribution < 1.29 is 28.2 Å². The number of ether oxygens (including phenoxy) is 3. The Balaban J connectivity index is 1.78. The molecule has 2 aliphatic carbocycles. The average Bonchev–Trinajstić information content (AvgIpc) is 3.25. The van der Waals surface area contributed by atoms with Gasteiger partial charge in [-0.05, 0) is 55.5 Å². The summed E-state index contributed by atoms with van der Waals surface area (Å²) in [4.78, 5) is 28.7. The van der Waals surface area contributed by atoms with Crippen LogP contribution in [0.15, 0.2) is 34.9 Å². The maximum atomic E-state index is 13.7. The minimum atomic E-state index is -0.852. The molecule has 0 bridgehead atoms. The largest absolute Gasteiger partial charge is 0.493 e. The molecule has 0 radical (unpaired) electrons. The Morgan fingerprint density at radius 1 is 1.03 bits per heavy atom. The minimum absolute atomic E-state index is 0.0361. The number of carbonyl (C=O) groups is 2. The standard InChI is InChI=1S/C24H30N2O6/c1-29-19-13-15(14-20(30-2)22(19)31-3)21(23(27)25-16-7-4-5-8-16)26(17-10-11-17)24(28)18-9-6-12-32-18/h6,9,12-14,16-17,21H,4-5,7-8,10-11H2,1-3H3,(H,25,27). The molecule has 1 aromatic carbocycles. The van der Waals surface area contributed by atoms with Crippen LogP contribution in [0.2, 0.25) is 0 Å². The Bertz CT molecular complexity index is 922. The molecule has 1 unspecified atom stereocenters. The van der Waals surface area contributed by atoms with E-state index < -0.39 is 6.04 Å². The topological polar surface area (TPSA) is 90.2 Å². The van der Waals surface area contributed by atoms with E-state index in [1.165, 1.54) is 27.6 Å². The third kappa shape index (κ3) is 4.40. The second kappa shape index (κ2) is 9.54. The number of benzene rings is 1. The minimum Gasteiger partial charge on any atom is -0.493 e. The SMILES string of the molecule is COc1cc(C(C(=O)NC2CCCC2)N(C(=O)c2ccco2)C2CC2)cc(OC)c1OC. The molecule has 1 aromatic heterocycles. The number of hydrogen-bond acceptors (Lipinski definition) is 6. The second-order valence-electron chi connectivity index (χ2n) is 8.27. The first kappa shape index (κ1) is 22.0. The Morgan fingerprint density at radius 2 is 1.69 bits per heavy atom. The molecule has 0 saturated heterocycles. The molecular weight excluding hydrogens is 412 g/mol. The van der Waals surface area contributed by atoms with Crippen molar-refractivity contribution >= 4 is 11.8 Å². The van der Waals surface area contributed by atoms with Gasteiger partial charge >= 0.3 is 0 Å². The van der Waals surface area contributed by atoms with Crippen LogP contribution in [0.25, 0.3) is 0 Å². The molecule has 0 spiro atoms. The van der Waals surface area contributed by atoms with Gasteiger partial charge in [-0.25, -0.2) is 0 Å². The summed E-state index contributed by atoms with van der Waals surface area (Å²) >= 11 is 0. The summed E-state index contributed by atoms with van der Waals surface area (Å²) in [6.45, 7) is 0. The first-order valence-corrected chi connectivity index (χ1v) is 11.0. The third-order valence-electron chi connectivity index (χ3n) is 6.14. The Kier molecular flexibility index (Phi) is 6.58. The molecule has 1 heterocycles. The van der Waals surface area contributed by atoms with Crippen molar-refractivity contribution in [1.29, 1.82) is 0 Å². The van der Waals surface area contributed by atoms with Crippen LogP contribution in [0.3, 0.4) is 0 Å². The molecule has 32 heavy (non-hydrogen) atoms. The van der Waals surface area contributed by atoms with Gasteiger partial charge in [0.1, 0.15) is 6.04 Å². The highest BCUT2D eigenvalue weighted by molar-refractivity contribution is 5.96. The van der Waals surface area contributed by atoms with Crippen LogP contribution < -0.4 is 19.5 Å². The van der Waals surface area contributed by atoms with Crippen LogP contribution in [0.4, 0.5) is 0 Å². The van der Waals surface area contributed by atoms with Gasteiger partial charge in [0.15, 0.2) is 17.3 Å². The van der Waals surface area contributed by atoms with Crippen LogP contribution in [-0.4, -0.2) is 50.1 Å². The van der Waals surface area contributed by atoms with Crippen molar-refractivity contribution in [1.82, 2.24) is 10.2 Å². The molecule has 0 aliphatic heterocycles. The Labute approximate surface area is 187 Å². The lowest BCUT2D eigenvalue weighted by Crippen LogP contribution is -2.47. The van der Waals surface area contributed by atoms with Gasteiger partial charge < -0.3 is 28.8 Å². The monoisotopic (exact) mass is 442 g/mol. The van der Waals surface area contributed by atoms with Gasteiger partial charge in [-0.3, -0.25) is 9.59 Å². The van der Waals surface area contributed by atoms with Crippen molar-refractivity contribution in [3.8, 4) is 17.2 Å². The van der Waals surface area contributed by atoms with Gasteiger partial charge in [0.05, 0.1) is 27.6 Å². The van der Waals surface area contributed by atoms with Crippen LogP contribution in [0, 0.1) is 0 Å². The molecule has 2 aliphatic rings. The van der Waals surface area contributed by atoms with Crippen LogP contribution in [-0.2, 0) is 4.79 Å². The summed E-state index contributed by atoms with van der Waals surface area (Å²) in [6, 6.07) is 6.01. The van der Waals surface area contributed by atoms with Gasteiger partial charge in [0.25, 0.3) is 5.91 Å². The van der Waals surface area contributed by atoms with E-state index in [-0.39, 0.29) is 29.7 Å². The molecule has 2 aromatic rings. The van der Waals surface area contributed by atoms with Gasteiger partial charge in [-0.2, -0.15) is 0 Å². The molecular formula is C24H30N2O6. The van der Waals surface area contributed by atoms with E-state index in [0.717, 1.165) is 38.5 Å². The first-order valence-electron chi connectivity index (χ1n) is 11.0. The summed E-state index contributed by atoms with van der Waals surface area (Å²) in [5, 5.41) is 3.17. The summed E-state index contributed by atoms with van der Waals surface area (Å²) in [6.07, 6.45) is 7.22. The summed E-state index contributed by atoms with van der Waals surface area (Å²) < 4.78 is 21.9. The molecule has 1 N–H and O–H groups in total. The lowest BCUT2D eigenvalue weighted by Gasteiger charge is -2.32. The highest BCUT2D eigenvalue weighted by Crippen LogP contribution is 2.43. The van der Waals surface area contributed by atoms with E-state index in [1.54, 1.807) is 29.2 Å². The number of nitrogens with one attached hydrogen (secondary N) is 1. The van der Waals surface area contributed by atoms with Crippen molar-refractivity contribution in [2.75, 3.05) is 21.3 Å². The predicted octanol–water partition coefficient (Wildman–Crippen LogP) is 3.71. The van der Waals surface area contributed by atoms with Crippen LogP contribution in [0.1, 0.15) is 60.7 Å². The zero-order valence-corrected chi connectivity index (χ0v) is 18.8. The number of amides is 2. The van der Waals surface area contributed by atoms with Crippen molar-refractivity contribution in [3.63, 3.8) is 0 Å². The lowest BCUT2D eigenvalue weighted by molar-refractivity contribution is -0.126. The van der Waals surface area contributed by atoms with E-state index in [1.807, 2.05) is 0 Å². The number of hydrogen-bond donors (Lipinski definition) is 1. The first-order chi connectivity index (χ1) is 15.6. The average molecular weight is 443 g/mol. The van der Waals surface area contributed by atoms with E-state index in [9.17, 15) is 9.59 Å². The van der Waals surface area contributed by atoms with Gasteiger partial charge in [-0.15, -0.1) is 0 Å². The number of nitrogens with zero attached hydrogens (tertiary/aromatic N) is 1. The lowest BCUT2D eigenvalue weighted by atomic mass is 10.0. The fourth-order valence-corrected chi connectivity index (χ4v) is 4.42. The maximum absolute atomic E-state index is 13.7. The van der Waals surface area contributed by atoms with Crippen molar-refractivity contribution in [3.05, 3.63) is 41.9 Å². The number of methoxy groups -OCH3 is 3. The quantitative estimate of drug-likeness (QED) is 0.637. The molecule has 1 atom stereocenters.